The highest BCUT2D eigenvalue weighted by Crippen LogP contribution is 2.16. The predicted molar refractivity (Wildman–Crippen MR) is 42.5 cm³/mol. The second kappa shape index (κ2) is 3.76. The van der Waals surface area contributed by atoms with Gasteiger partial charge in [0.1, 0.15) is 6.10 Å². The van der Waals surface area contributed by atoms with Gasteiger partial charge in [0.25, 0.3) is 0 Å². The molecule has 1 aromatic rings. The van der Waals surface area contributed by atoms with Gasteiger partial charge in [-0.15, -0.1) is 11.6 Å². The molecule has 2 atom stereocenters. The average molecular weight is 176 g/mol. The zero-order valence-electron chi connectivity index (χ0n) is 5.87. The summed E-state index contributed by atoms with van der Waals surface area (Å²) in [5, 5.41) is 18.4. The van der Waals surface area contributed by atoms with Gasteiger partial charge >= 0.3 is 0 Å². The van der Waals surface area contributed by atoms with Crippen LogP contribution in [0.15, 0.2) is 18.5 Å². The summed E-state index contributed by atoms with van der Waals surface area (Å²) in [6.45, 7) is 0. The first kappa shape index (κ1) is 8.59. The monoisotopic (exact) mass is 175 g/mol. The van der Waals surface area contributed by atoms with Crippen LogP contribution < -0.4 is 0 Å². The van der Waals surface area contributed by atoms with E-state index < -0.39 is 12.2 Å². The second-order valence-electron chi connectivity index (χ2n) is 2.31. The number of rotatable bonds is 3. The lowest BCUT2D eigenvalue weighted by Crippen LogP contribution is -2.19. The highest BCUT2D eigenvalue weighted by Gasteiger charge is 2.16. The molecule has 1 aromatic heterocycles. The van der Waals surface area contributed by atoms with Crippen molar-refractivity contribution in [3.05, 3.63) is 24.0 Å². The average Bonchev–Trinajstić information content (AvgIpc) is 2.53. The summed E-state index contributed by atoms with van der Waals surface area (Å²) in [6, 6.07) is 1.69. The number of aromatic nitrogens is 1. The smallest absolute Gasteiger partial charge is 0.107 e. The van der Waals surface area contributed by atoms with Crippen molar-refractivity contribution in [3.8, 4) is 0 Å². The van der Waals surface area contributed by atoms with Crippen LogP contribution >= 0.6 is 11.6 Å². The Hall–Kier alpha value is -0.510. The Bertz CT molecular complexity index is 200. The van der Waals surface area contributed by atoms with Gasteiger partial charge in [-0.25, -0.2) is 0 Å². The number of hydrogen-bond donors (Lipinski definition) is 3. The first-order valence-electron chi connectivity index (χ1n) is 3.30. The maximum Gasteiger partial charge on any atom is 0.107 e. The van der Waals surface area contributed by atoms with Crippen molar-refractivity contribution in [2.75, 3.05) is 5.88 Å². The zero-order valence-corrected chi connectivity index (χ0v) is 6.62. The van der Waals surface area contributed by atoms with Crippen molar-refractivity contribution in [3.63, 3.8) is 0 Å². The van der Waals surface area contributed by atoms with Gasteiger partial charge in [-0.1, -0.05) is 0 Å². The Balaban J connectivity index is 2.62. The van der Waals surface area contributed by atoms with E-state index in [0.29, 0.717) is 5.56 Å². The molecule has 0 saturated heterocycles. The molecule has 3 nitrogen and oxygen atoms in total. The third-order valence-electron chi connectivity index (χ3n) is 1.49. The van der Waals surface area contributed by atoms with E-state index in [1.807, 2.05) is 0 Å². The fourth-order valence-corrected chi connectivity index (χ4v) is 0.996. The summed E-state index contributed by atoms with van der Waals surface area (Å²) in [7, 11) is 0. The van der Waals surface area contributed by atoms with Crippen molar-refractivity contribution >= 4 is 11.6 Å². The number of H-pyrrole nitrogens is 1. The normalized spacial score (nSPS) is 16.3. The molecule has 2 unspecified atom stereocenters. The third-order valence-corrected chi connectivity index (χ3v) is 1.80. The molecule has 0 aromatic carbocycles. The molecule has 0 bridgehead atoms. The van der Waals surface area contributed by atoms with Gasteiger partial charge in [0.15, 0.2) is 0 Å². The topological polar surface area (TPSA) is 56.2 Å². The largest absolute Gasteiger partial charge is 0.389 e. The van der Waals surface area contributed by atoms with Crippen LogP contribution in [-0.2, 0) is 0 Å². The molecule has 11 heavy (non-hydrogen) atoms. The van der Waals surface area contributed by atoms with Crippen LogP contribution in [0, 0.1) is 0 Å². The van der Waals surface area contributed by atoms with Gasteiger partial charge < -0.3 is 15.2 Å². The van der Waals surface area contributed by atoms with Crippen LogP contribution in [0.4, 0.5) is 0 Å². The fourth-order valence-electron chi connectivity index (χ4n) is 0.827. The molecule has 0 amide bonds. The molecular formula is C7H10ClNO2. The molecule has 4 heteroatoms. The van der Waals surface area contributed by atoms with Gasteiger partial charge in [0.05, 0.1) is 12.0 Å². The molecular weight excluding hydrogens is 166 g/mol. The van der Waals surface area contributed by atoms with E-state index in [1.165, 1.54) is 0 Å². The highest BCUT2D eigenvalue weighted by molar-refractivity contribution is 6.18. The van der Waals surface area contributed by atoms with Crippen LogP contribution in [-0.4, -0.2) is 27.2 Å². The molecule has 0 aliphatic carbocycles. The summed E-state index contributed by atoms with van der Waals surface area (Å²) >= 11 is 5.34. The standard InChI is InChI=1S/C7H10ClNO2/c8-3-6(10)7(11)5-1-2-9-4-5/h1-2,4,6-7,9-11H,3H2. The Morgan fingerprint density at radius 2 is 2.27 bits per heavy atom. The molecule has 0 fully saturated rings. The quantitative estimate of drug-likeness (QED) is 0.591. The van der Waals surface area contributed by atoms with Gasteiger partial charge in [-0.2, -0.15) is 0 Å². The van der Waals surface area contributed by atoms with Crippen LogP contribution in [0.3, 0.4) is 0 Å². The van der Waals surface area contributed by atoms with E-state index in [2.05, 4.69) is 4.98 Å². The Morgan fingerprint density at radius 1 is 1.55 bits per heavy atom. The van der Waals surface area contributed by atoms with E-state index >= 15 is 0 Å². The lowest BCUT2D eigenvalue weighted by atomic mass is 10.1. The minimum absolute atomic E-state index is 0.0341. The number of aromatic amines is 1. The number of alkyl halides is 1. The molecule has 0 aliphatic heterocycles. The fraction of sp³-hybridized carbons (Fsp3) is 0.429. The maximum absolute atomic E-state index is 9.32. The first-order valence-corrected chi connectivity index (χ1v) is 3.84. The predicted octanol–water partition coefficient (Wildman–Crippen LogP) is 0.648. The van der Waals surface area contributed by atoms with Gasteiger partial charge in [0, 0.05) is 18.0 Å². The lowest BCUT2D eigenvalue weighted by Gasteiger charge is -2.12. The molecule has 0 saturated carbocycles. The van der Waals surface area contributed by atoms with E-state index in [-0.39, 0.29) is 5.88 Å². The molecule has 62 valence electrons. The summed E-state index contributed by atoms with van der Waals surface area (Å²) in [5.74, 6) is 0.0341. The third kappa shape index (κ3) is 1.96. The van der Waals surface area contributed by atoms with Gasteiger partial charge in [-0.3, -0.25) is 0 Å². The number of aliphatic hydroxyl groups is 2. The van der Waals surface area contributed by atoms with Crippen molar-refractivity contribution in [2.24, 2.45) is 0 Å². The Labute approximate surface area is 69.6 Å². The van der Waals surface area contributed by atoms with Gasteiger partial charge in [-0.05, 0) is 6.07 Å². The van der Waals surface area contributed by atoms with Gasteiger partial charge in [0.2, 0.25) is 0 Å². The summed E-state index contributed by atoms with van der Waals surface area (Å²) in [6.07, 6.45) is 1.52. The Kier molecular flexibility index (Phi) is 2.93. The number of nitrogens with one attached hydrogen (secondary N) is 1. The second-order valence-corrected chi connectivity index (χ2v) is 2.62. The molecule has 0 spiro atoms. The highest BCUT2D eigenvalue weighted by atomic mass is 35.5. The molecule has 3 N–H and O–H groups in total. The van der Waals surface area contributed by atoms with E-state index in [9.17, 15) is 5.11 Å². The van der Waals surface area contributed by atoms with Crippen molar-refractivity contribution in [1.82, 2.24) is 4.98 Å². The minimum Gasteiger partial charge on any atom is -0.389 e. The molecule has 0 aliphatic rings. The van der Waals surface area contributed by atoms with Crippen LogP contribution in [0.25, 0.3) is 0 Å². The van der Waals surface area contributed by atoms with Crippen molar-refractivity contribution in [2.45, 2.75) is 12.2 Å². The molecule has 1 rings (SSSR count). The summed E-state index contributed by atoms with van der Waals surface area (Å²) < 4.78 is 0. The Morgan fingerprint density at radius 3 is 2.73 bits per heavy atom. The lowest BCUT2D eigenvalue weighted by molar-refractivity contribution is 0.0328. The number of hydrogen-bond acceptors (Lipinski definition) is 2. The van der Waals surface area contributed by atoms with Crippen LogP contribution in [0.2, 0.25) is 0 Å². The van der Waals surface area contributed by atoms with Crippen LogP contribution in [0.5, 0.6) is 0 Å². The van der Waals surface area contributed by atoms with Crippen LogP contribution in [0.1, 0.15) is 11.7 Å². The SMILES string of the molecule is OC(CCl)C(O)c1cc[nH]c1. The summed E-state index contributed by atoms with van der Waals surface area (Å²) in [5.41, 5.74) is 0.651. The molecule has 0 radical (unpaired) electrons. The van der Waals surface area contributed by atoms with Crippen molar-refractivity contribution in [1.29, 1.82) is 0 Å². The first-order chi connectivity index (χ1) is 5.25. The van der Waals surface area contributed by atoms with E-state index in [4.69, 9.17) is 16.7 Å². The number of aliphatic hydroxyl groups excluding tert-OH is 2. The maximum atomic E-state index is 9.32. The number of halogens is 1. The van der Waals surface area contributed by atoms with E-state index in [0.717, 1.165) is 0 Å². The molecule has 1 heterocycles. The van der Waals surface area contributed by atoms with Crippen molar-refractivity contribution < 1.29 is 10.2 Å². The zero-order chi connectivity index (χ0) is 8.27. The minimum atomic E-state index is -0.896. The van der Waals surface area contributed by atoms with E-state index in [1.54, 1.807) is 18.5 Å². The summed E-state index contributed by atoms with van der Waals surface area (Å²) in [4.78, 5) is 2.78.